The van der Waals surface area contributed by atoms with Gasteiger partial charge in [-0.1, -0.05) is 37.5 Å². The lowest BCUT2D eigenvalue weighted by atomic mass is 9.94. The Labute approximate surface area is 186 Å². The topological polar surface area (TPSA) is 106 Å². The van der Waals surface area contributed by atoms with Crippen LogP contribution in [0.5, 0.6) is 0 Å². The molecule has 168 valence electrons. The summed E-state index contributed by atoms with van der Waals surface area (Å²) in [6.45, 7) is 2.89. The Morgan fingerprint density at radius 3 is 2.45 bits per heavy atom. The Kier molecular flexibility index (Phi) is 7.79. The lowest BCUT2D eigenvalue weighted by Gasteiger charge is -2.34. The standard InChI is InChI=1S/C21H27N3O5S2/c1-15(23-31(27,28)18-11-7-4-8-12-18)20(26)29-16(2)19(25)24(21-22-13-14-30-21)17-9-5-3-6-10-17/h4,7-8,11-17,23H,3,5-6,9-10H2,1-2H3/t15-,16?/m0/s1. The third kappa shape index (κ3) is 5.90. The van der Waals surface area contributed by atoms with Crippen LogP contribution in [0.3, 0.4) is 0 Å². The number of anilines is 1. The van der Waals surface area contributed by atoms with Crippen molar-refractivity contribution in [2.45, 2.75) is 69.0 Å². The predicted molar refractivity (Wildman–Crippen MR) is 118 cm³/mol. The maximum absolute atomic E-state index is 13.2. The van der Waals surface area contributed by atoms with Crippen LogP contribution < -0.4 is 9.62 Å². The Balaban J connectivity index is 1.66. The van der Waals surface area contributed by atoms with E-state index < -0.39 is 28.1 Å². The van der Waals surface area contributed by atoms with Gasteiger partial charge in [0.05, 0.1) is 4.90 Å². The smallest absolute Gasteiger partial charge is 0.324 e. The number of rotatable bonds is 8. The van der Waals surface area contributed by atoms with Crippen LogP contribution in [0.4, 0.5) is 5.13 Å². The summed E-state index contributed by atoms with van der Waals surface area (Å²) in [5, 5.41) is 2.38. The fraction of sp³-hybridized carbons (Fsp3) is 0.476. The number of nitrogens with one attached hydrogen (secondary N) is 1. The van der Waals surface area contributed by atoms with Crippen molar-refractivity contribution in [3.8, 4) is 0 Å². The molecule has 1 fully saturated rings. The van der Waals surface area contributed by atoms with Crippen molar-refractivity contribution in [1.82, 2.24) is 9.71 Å². The van der Waals surface area contributed by atoms with Crippen molar-refractivity contribution in [2.24, 2.45) is 0 Å². The molecule has 2 aromatic rings. The highest BCUT2D eigenvalue weighted by Gasteiger charge is 2.34. The Morgan fingerprint density at radius 1 is 1.16 bits per heavy atom. The van der Waals surface area contributed by atoms with Crippen LogP contribution in [0.1, 0.15) is 46.0 Å². The minimum atomic E-state index is -3.88. The summed E-state index contributed by atoms with van der Waals surface area (Å²) in [6.07, 6.45) is 5.53. The molecule has 3 rings (SSSR count). The van der Waals surface area contributed by atoms with E-state index in [2.05, 4.69) is 9.71 Å². The molecule has 0 saturated heterocycles. The first-order chi connectivity index (χ1) is 14.8. The molecular weight excluding hydrogens is 438 g/mol. The molecular formula is C21H27N3O5S2. The van der Waals surface area contributed by atoms with E-state index in [9.17, 15) is 18.0 Å². The SMILES string of the molecule is CC(OC(=O)[C@H](C)NS(=O)(=O)c1ccccc1)C(=O)N(c1nccs1)C1CCCCC1. The van der Waals surface area contributed by atoms with E-state index in [-0.39, 0.29) is 16.8 Å². The van der Waals surface area contributed by atoms with Gasteiger partial charge in [-0.15, -0.1) is 11.3 Å². The van der Waals surface area contributed by atoms with E-state index >= 15 is 0 Å². The number of amides is 1. The van der Waals surface area contributed by atoms with Gasteiger partial charge in [-0.3, -0.25) is 14.5 Å². The molecule has 1 aliphatic rings. The molecule has 1 aromatic carbocycles. The minimum absolute atomic E-state index is 0.0163. The third-order valence-electron chi connectivity index (χ3n) is 5.18. The lowest BCUT2D eigenvalue weighted by Crippen LogP contribution is -2.48. The summed E-state index contributed by atoms with van der Waals surface area (Å²) in [5.41, 5.74) is 0. The first-order valence-electron chi connectivity index (χ1n) is 10.3. The molecule has 1 heterocycles. The Bertz CT molecular complexity index is 974. The summed E-state index contributed by atoms with van der Waals surface area (Å²) in [6, 6.07) is 6.62. The van der Waals surface area contributed by atoms with Crippen LogP contribution in [-0.2, 0) is 24.3 Å². The summed E-state index contributed by atoms with van der Waals surface area (Å²) in [5.74, 6) is -1.17. The molecule has 10 heteroatoms. The lowest BCUT2D eigenvalue weighted by molar-refractivity contribution is -0.155. The molecule has 1 amide bonds. The maximum Gasteiger partial charge on any atom is 0.324 e. The molecule has 0 bridgehead atoms. The second-order valence-corrected chi connectivity index (χ2v) is 10.1. The van der Waals surface area contributed by atoms with Crippen LogP contribution in [0.2, 0.25) is 0 Å². The van der Waals surface area contributed by atoms with Crippen molar-refractivity contribution in [2.75, 3.05) is 4.90 Å². The molecule has 1 saturated carbocycles. The number of hydrogen-bond acceptors (Lipinski definition) is 7. The van der Waals surface area contributed by atoms with E-state index in [4.69, 9.17) is 4.74 Å². The quantitative estimate of drug-likeness (QED) is 0.601. The number of carbonyl (C=O) groups is 2. The second-order valence-electron chi connectivity index (χ2n) is 7.55. The van der Waals surface area contributed by atoms with Gasteiger partial charge in [0.1, 0.15) is 6.04 Å². The van der Waals surface area contributed by atoms with Crippen LogP contribution >= 0.6 is 11.3 Å². The molecule has 1 aliphatic carbocycles. The summed E-state index contributed by atoms with van der Waals surface area (Å²) < 4.78 is 32.5. The van der Waals surface area contributed by atoms with Crippen LogP contribution in [0.15, 0.2) is 46.8 Å². The van der Waals surface area contributed by atoms with Crippen LogP contribution in [0, 0.1) is 0 Å². The molecule has 1 N–H and O–H groups in total. The van der Waals surface area contributed by atoms with E-state index in [1.165, 1.54) is 37.3 Å². The summed E-state index contributed by atoms with van der Waals surface area (Å²) >= 11 is 1.36. The largest absolute Gasteiger partial charge is 0.451 e. The highest BCUT2D eigenvalue weighted by molar-refractivity contribution is 7.89. The number of ether oxygens (including phenoxy) is 1. The van der Waals surface area contributed by atoms with E-state index in [1.54, 1.807) is 34.7 Å². The minimum Gasteiger partial charge on any atom is -0.451 e. The molecule has 1 unspecified atom stereocenters. The highest BCUT2D eigenvalue weighted by Crippen LogP contribution is 2.29. The Morgan fingerprint density at radius 2 is 1.84 bits per heavy atom. The molecule has 0 aliphatic heterocycles. The number of aromatic nitrogens is 1. The predicted octanol–water partition coefficient (Wildman–Crippen LogP) is 3.11. The summed E-state index contributed by atoms with van der Waals surface area (Å²) in [7, 11) is -3.88. The molecule has 8 nitrogen and oxygen atoms in total. The van der Waals surface area contributed by atoms with Crippen molar-refractivity contribution in [1.29, 1.82) is 0 Å². The second kappa shape index (κ2) is 10.3. The normalized spacial score (nSPS) is 17.0. The molecule has 0 radical (unpaired) electrons. The van der Waals surface area contributed by atoms with Gasteiger partial charge in [0.2, 0.25) is 10.0 Å². The van der Waals surface area contributed by atoms with Crippen molar-refractivity contribution in [3.63, 3.8) is 0 Å². The van der Waals surface area contributed by atoms with Crippen molar-refractivity contribution < 1.29 is 22.7 Å². The van der Waals surface area contributed by atoms with Gasteiger partial charge in [0.25, 0.3) is 5.91 Å². The zero-order valence-corrected chi connectivity index (χ0v) is 19.2. The fourth-order valence-electron chi connectivity index (χ4n) is 3.58. The number of esters is 1. The number of sulfonamides is 1. The van der Waals surface area contributed by atoms with E-state index in [1.807, 2.05) is 0 Å². The van der Waals surface area contributed by atoms with Gasteiger partial charge in [0, 0.05) is 17.6 Å². The average Bonchev–Trinajstić information content (AvgIpc) is 3.29. The van der Waals surface area contributed by atoms with Crippen LogP contribution in [-0.4, -0.2) is 43.5 Å². The van der Waals surface area contributed by atoms with Crippen molar-refractivity contribution in [3.05, 3.63) is 41.9 Å². The van der Waals surface area contributed by atoms with E-state index in [0.29, 0.717) is 5.13 Å². The van der Waals surface area contributed by atoms with Gasteiger partial charge < -0.3 is 4.74 Å². The zero-order valence-electron chi connectivity index (χ0n) is 17.6. The van der Waals surface area contributed by atoms with Gasteiger partial charge in [-0.25, -0.2) is 13.4 Å². The number of nitrogens with zero attached hydrogens (tertiary/aromatic N) is 2. The highest BCUT2D eigenvalue weighted by atomic mass is 32.2. The van der Waals surface area contributed by atoms with Gasteiger partial charge in [-0.2, -0.15) is 4.72 Å². The first kappa shape index (κ1) is 23.4. The zero-order chi connectivity index (χ0) is 22.4. The monoisotopic (exact) mass is 465 g/mol. The number of carbonyl (C=O) groups excluding carboxylic acids is 2. The molecule has 31 heavy (non-hydrogen) atoms. The van der Waals surface area contributed by atoms with Crippen LogP contribution in [0.25, 0.3) is 0 Å². The van der Waals surface area contributed by atoms with Gasteiger partial charge in [0.15, 0.2) is 11.2 Å². The molecule has 1 aromatic heterocycles. The number of hydrogen-bond donors (Lipinski definition) is 1. The van der Waals surface area contributed by atoms with Gasteiger partial charge >= 0.3 is 5.97 Å². The number of benzene rings is 1. The van der Waals surface area contributed by atoms with Gasteiger partial charge in [-0.05, 0) is 38.8 Å². The molecule has 2 atom stereocenters. The Hall–Kier alpha value is -2.30. The first-order valence-corrected chi connectivity index (χ1v) is 12.7. The number of thiazole rings is 1. The fourth-order valence-corrected chi connectivity index (χ4v) is 5.51. The average molecular weight is 466 g/mol. The third-order valence-corrected chi connectivity index (χ3v) is 7.51. The molecule has 0 spiro atoms. The summed E-state index contributed by atoms with van der Waals surface area (Å²) in [4.78, 5) is 31.7. The van der Waals surface area contributed by atoms with Crippen molar-refractivity contribution >= 4 is 38.4 Å². The maximum atomic E-state index is 13.2. The van der Waals surface area contributed by atoms with E-state index in [0.717, 1.165) is 32.1 Å².